The zero-order chi connectivity index (χ0) is 28.3. The third-order valence-corrected chi connectivity index (χ3v) is 8.32. The third kappa shape index (κ3) is 5.89. The van der Waals surface area contributed by atoms with Gasteiger partial charge >= 0.3 is 6.09 Å². The minimum absolute atomic E-state index is 0.173. The van der Waals surface area contributed by atoms with Crippen molar-refractivity contribution in [3.8, 4) is 5.75 Å². The van der Waals surface area contributed by atoms with Crippen LogP contribution in [-0.4, -0.2) is 38.7 Å². The highest BCUT2D eigenvalue weighted by atomic mass is 35.5. The fourth-order valence-corrected chi connectivity index (χ4v) is 5.70. The number of anilines is 1. The number of nitrogens with one attached hydrogen (secondary N) is 2. The SMILES string of the molecule is COc1ccc(CNC(=O)C(CCN2C(=O)OC3(CCNCC3)c3cc(F)ccc32)c2ccc(Cl)c(Cl)c2)cc1. The number of carbonyl (C=O) groups excluding carboxylic acids is 2. The highest BCUT2D eigenvalue weighted by Crippen LogP contribution is 2.45. The summed E-state index contributed by atoms with van der Waals surface area (Å²) in [6, 6.07) is 16.9. The molecule has 1 spiro atoms. The van der Waals surface area contributed by atoms with E-state index in [0.717, 1.165) is 11.3 Å². The van der Waals surface area contributed by atoms with E-state index in [1.807, 2.05) is 24.3 Å². The van der Waals surface area contributed by atoms with Gasteiger partial charge in [-0.15, -0.1) is 0 Å². The fraction of sp³-hybridized carbons (Fsp3) is 0.333. The van der Waals surface area contributed by atoms with Gasteiger partial charge in [-0.2, -0.15) is 0 Å². The van der Waals surface area contributed by atoms with Gasteiger partial charge in [0.1, 0.15) is 17.2 Å². The number of halogens is 3. The molecule has 0 saturated carbocycles. The normalized spacial score (nSPS) is 16.7. The Labute approximate surface area is 242 Å². The van der Waals surface area contributed by atoms with Crippen molar-refractivity contribution in [3.05, 3.63) is 93.2 Å². The van der Waals surface area contributed by atoms with Crippen LogP contribution in [0.15, 0.2) is 60.7 Å². The van der Waals surface area contributed by atoms with Gasteiger partial charge in [0.15, 0.2) is 0 Å². The second kappa shape index (κ2) is 12.0. The first kappa shape index (κ1) is 28.2. The van der Waals surface area contributed by atoms with Crippen LogP contribution in [0.5, 0.6) is 5.75 Å². The molecule has 2 aliphatic rings. The van der Waals surface area contributed by atoms with E-state index in [-0.39, 0.29) is 24.7 Å². The number of rotatable bonds is 8. The quantitative estimate of drug-likeness (QED) is 0.330. The first-order valence-corrected chi connectivity index (χ1v) is 13.9. The molecule has 2 heterocycles. The minimum Gasteiger partial charge on any atom is -0.497 e. The average Bonchev–Trinajstić information content (AvgIpc) is 2.96. The number of hydrogen-bond acceptors (Lipinski definition) is 5. The standard InChI is InChI=1S/C30H30Cl2FN3O4/c1-39-22-6-2-19(3-7-22)18-35-28(37)23(20-4-8-25(31)26(32)16-20)10-15-36-27-9-5-21(33)17-24(27)30(40-29(36)38)11-13-34-14-12-30/h2-9,16-17,23,34H,10-15,18H2,1H3,(H,35,37). The molecule has 1 unspecified atom stereocenters. The van der Waals surface area contributed by atoms with Crippen LogP contribution in [0, 0.1) is 5.82 Å². The summed E-state index contributed by atoms with van der Waals surface area (Å²) in [5.41, 5.74) is 1.97. The Morgan fingerprint density at radius 2 is 1.85 bits per heavy atom. The summed E-state index contributed by atoms with van der Waals surface area (Å²) in [6.07, 6.45) is 0.880. The molecule has 3 aromatic carbocycles. The van der Waals surface area contributed by atoms with Crippen LogP contribution in [0.4, 0.5) is 14.9 Å². The van der Waals surface area contributed by atoms with E-state index in [4.69, 9.17) is 32.7 Å². The van der Waals surface area contributed by atoms with E-state index in [9.17, 15) is 14.0 Å². The molecule has 40 heavy (non-hydrogen) atoms. The summed E-state index contributed by atoms with van der Waals surface area (Å²) in [5.74, 6) is -0.530. The molecule has 0 aliphatic carbocycles. The van der Waals surface area contributed by atoms with Gasteiger partial charge in [-0.3, -0.25) is 9.69 Å². The van der Waals surface area contributed by atoms with Crippen LogP contribution >= 0.6 is 23.2 Å². The van der Waals surface area contributed by atoms with Gasteiger partial charge < -0.3 is 20.1 Å². The van der Waals surface area contributed by atoms with Crippen molar-refractivity contribution in [1.82, 2.24) is 10.6 Å². The van der Waals surface area contributed by atoms with Crippen molar-refractivity contribution in [1.29, 1.82) is 0 Å². The second-order valence-corrected chi connectivity index (χ2v) is 10.8. The number of fused-ring (bicyclic) bond motifs is 2. The van der Waals surface area contributed by atoms with Crippen molar-refractivity contribution >= 4 is 40.9 Å². The van der Waals surface area contributed by atoms with Gasteiger partial charge in [0.25, 0.3) is 0 Å². The molecule has 2 N–H and O–H groups in total. The monoisotopic (exact) mass is 585 g/mol. The number of piperidine rings is 1. The van der Waals surface area contributed by atoms with E-state index in [2.05, 4.69) is 10.6 Å². The summed E-state index contributed by atoms with van der Waals surface area (Å²) in [4.78, 5) is 28.3. The van der Waals surface area contributed by atoms with E-state index in [0.29, 0.717) is 59.3 Å². The van der Waals surface area contributed by atoms with Crippen LogP contribution in [0.3, 0.4) is 0 Å². The smallest absolute Gasteiger partial charge is 0.415 e. The Morgan fingerprint density at radius 3 is 2.55 bits per heavy atom. The molecule has 1 fully saturated rings. The van der Waals surface area contributed by atoms with E-state index in [1.54, 1.807) is 31.4 Å². The zero-order valence-electron chi connectivity index (χ0n) is 22.0. The zero-order valence-corrected chi connectivity index (χ0v) is 23.5. The second-order valence-electron chi connectivity index (χ2n) is 10.0. The Morgan fingerprint density at radius 1 is 1.10 bits per heavy atom. The molecular weight excluding hydrogens is 556 g/mol. The highest BCUT2D eigenvalue weighted by molar-refractivity contribution is 6.42. The lowest BCUT2D eigenvalue weighted by atomic mass is 9.82. The molecular formula is C30H30Cl2FN3O4. The minimum atomic E-state index is -0.866. The summed E-state index contributed by atoms with van der Waals surface area (Å²) in [7, 11) is 1.60. The molecule has 210 valence electrons. The molecule has 0 bridgehead atoms. The molecule has 1 saturated heterocycles. The van der Waals surface area contributed by atoms with E-state index >= 15 is 0 Å². The highest BCUT2D eigenvalue weighted by Gasteiger charge is 2.46. The first-order valence-electron chi connectivity index (χ1n) is 13.2. The van der Waals surface area contributed by atoms with Crippen LogP contribution in [0.2, 0.25) is 10.0 Å². The van der Waals surface area contributed by atoms with Crippen LogP contribution in [0.25, 0.3) is 0 Å². The van der Waals surface area contributed by atoms with Crippen molar-refractivity contribution in [2.24, 2.45) is 0 Å². The van der Waals surface area contributed by atoms with Gasteiger partial charge in [-0.25, -0.2) is 9.18 Å². The maximum Gasteiger partial charge on any atom is 0.415 e. The summed E-state index contributed by atoms with van der Waals surface area (Å²) < 4.78 is 25.6. The third-order valence-electron chi connectivity index (χ3n) is 7.58. The van der Waals surface area contributed by atoms with Crippen LogP contribution in [0.1, 0.15) is 41.9 Å². The number of carbonyl (C=O) groups is 2. The lowest BCUT2D eigenvalue weighted by Gasteiger charge is -2.44. The maximum atomic E-state index is 14.4. The van der Waals surface area contributed by atoms with Gasteiger partial charge in [0.05, 0.1) is 28.8 Å². The molecule has 3 aromatic rings. The predicted molar refractivity (Wildman–Crippen MR) is 153 cm³/mol. The Bertz CT molecular complexity index is 1400. The van der Waals surface area contributed by atoms with Crippen molar-refractivity contribution in [2.45, 2.75) is 37.3 Å². The van der Waals surface area contributed by atoms with Gasteiger partial charge in [-0.05, 0) is 73.1 Å². The maximum absolute atomic E-state index is 14.4. The van der Waals surface area contributed by atoms with Crippen LogP contribution < -0.4 is 20.3 Å². The van der Waals surface area contributed by atoms with Crippen molar-refractivity contribution in [2.75, 3.05) is 31.6 Å². The lowest BCUT2D eigenvalue weighted by molar-refractivity contribution is -0.122. The van der Waals surface area contributed by atoms with Crippen molar-refractivity contribution in [3.63, 3.8) is 0 Å². The number of benzene rings is 3. The van der Waals surface area contributed by atoms with E-state index in [1.165, 1.54) is 17.0 Å². The molecule has 0 radical (unpaired) electrons. The van der Waals surface area contributed by atoms with Crippen LogP contribution in [-0.2, 0) is 21.7 Å². The van der Waals surface area contributed by atoms with Gasteiger partial charge in [0, 0.05) is 31.5 Å². The molecule has 0 aromatic heterocycles. The molecule has 1 atom stereocenters. The number of ether oxygens (including phenoxy) is 2. The Hall–Kier alpha value is -3.33. The molecule has 2 amide bonds. The average molecular weight is 586 g/mol. The topological polar surface area (TPSA) is 79.9 Å². The van der Waals surface area contributed by atoms with Gasteiger partial charge in [-0.1, -0.05) is 41.4 Å². The number of nitrogens with zero attached hydrogens (tertiary/aromatic N) is 1. The summed E-state index contributed by atoms with van der Waals surface area (Å²) >= 11 is 12.4. The van der Waals surface area contributed by atoms with Crippen molar-refractivity contribution < 1.29 is 23.5 Å². The molecule has 2 aliphatic heterocycles. The Balaban J connectivity index is 1.39. The Kier molecular flexibility index (Phi) is 8.49. The number of methoxy groups -OCH3 is 1. The molecule has 10 heteroatoms. The summed E-state index contributed by atoms with van der Waals surface area (Å²) in [6.45, 7) is 1.81. The predicted octanol–water partition coefficient (Wildman–Crippen LogP) is 6.17. The first-order chi connectivity index (χ1) is 19.3. The largest absolute Gasteiger partial charge is 0.497 e. The summed E-state index contributed by atoms with van der Waals surface area (Å²) in [5, 5.41) is 6.97. The fourth-order valence-electron chi connectivity index (χ4n) is 5.39. The van der Waals surface area contributed by atoms with Gasteiger partial charge in [0.2, 0.25) is 5.91 Å². The van der Waals surface area contributed by atoms with E-state index < -0.39 is 17.6 Å². The lowest BCUT2D eigenvalue weighted by Crippen LogP contribution is -2.51. The molecule has 5 rings (SSSR count). The molecule has 7 nitrogen and oxygen atoms in total. The number of hydrogen-bond donors (Lipinski definition) is 2. The number of amides is 2.